The largest absolute Gasteiger partial charge is 0.463 e. The normalized spacial score (nSPS) is 31.9. The Morgan fingerprint density at radius 2 is 2.58 bits per heavy atom. The zero-order valence-corrected chi connectivity index (χ0v) is 7.08. The molecule has 1 heterocycles. The van der Waals surface area contributed by atoms with Gasteiger partial charge in [0.05, 0.1) is 18.8 Å². The van der Waals surface area contributed by atoms with Crippen molar-refractivity contribution in [1.29, 1.82) is 0 Å². The number of epoxide rings is 1. The molecule has 1 fully saturated rings. The van der Waals surface area contributed by atoms with Crippen molar-refractivity contribution in [1.82, 2.24) is 0 Å². The van der Waals surface area contributed by atoms with Gasteiger partial charge in [-0.2, -0.15) is 0 Å². The molecule has 2 aliphatic rings. The second-order valence-corrected chi connectivity index (χ2v) is 3.10. The van der Waals surface area contributed by atoms with Crippen molar-refractivity contribution >= 4 is 5.97 Å². The fourth-order valence-electron chi connectivity index (χ4n) is 1.51. The van der Waals surface area contributed by atoms with Gasteiger partial charge in [-0.1, -0.05) is 6.08 Å². The van der Waals surface area contributed by atoms with Gasteiger partial charge >= 0.3 is 5.97 Å². The quantitative estimate of drug-likeness (QED) is 0.456. The number of esters is 1. The summed E-state index contributed by atoms with van der Waals surface area (Å²) in [5, 5.41) is 0. The molecule has 1 aliphatic carbocycles. The Morgan fingerprint density at radius 3 is 3.25 bits per heavy atom. The van der Waals surface area contributed by atoms with Crippen LogP contribution in [0.15, 0.2) is 11.6 Å². The summed E-state index contributed by atoms with van der Waals surface area (Å²) in [6.45, 7) is 2.27. The van der Waals surface area contributed by atoms with Crippen LogP contribution in [0, 0.1) is 0 Å². The summed E-state index contributed by atoms with van der Waals surface area (Å²) in [6, 6.07) is 0. The monoisotopic (exact) mass is 168 g/mol. The van der Waals surface area contributed by atoms with Gasteiger partial charge in [0.15, 0.2) is 0 Å². The molecular weight excluding hydrogens is 156 g/mol. The molecule has 12 heavy (non-hydrogen) atoms. The number of hydrogen-bond acceptors (Lipinski definition) is 3. The Morgan fingerprint density at radius 1 is 1.75 bits per heavy atom. The van der Waals surface area contributed by atoms with Crippen LogP contribution in [0.5, 0.6) is 0 Å². The highest BCUT2D eigenvalue weighted by Crippen LogP contribution is 2.36. The molecule has 0 unspecified atom stereocenters. The third-order valence-corrected chi connectivity index (χ3v) is 2.24. The number of ether oxygens (including phenoxy) is 2. The number of rotatable bonds is 2. The first-order valence-corrected chi connectivity index (χ1v) is 4.33. The van der Waals surface area contributed by atoms with Crippen LogP contribution in [0.1, 0.15) is 19.8 Å². The third-order valence-electron chi connectivity index (χ3n) is 2.24. The van der Waals surface area contributed by atoms with Gasteiger partial charge in [0.1, 0.15) is 0 Å². The SMILES string of the molecule is CCOC(=O)C1=CC[C@H]2O[C@H]2C1. The third kappa shape index (κ3) is 1.37. The van der Waals surface area contributed by atoms with Crippen molar-refractivity contribution in [2.45, 2.75) is 32.0 Å². The van der Waals surface area contributed by atoms with E-state index < -0.39 is 0 Å². The number of hydrogen-bond donors (Lipinski definition) is 0. The van der Waals surface area contributed by atoms with Crippen molar-refractivity contribution in [2.75, 3.05) is 6.61 Å². The Labute approximate surface area is 71.3 Å². The summed E-state index contributed by atoms with van der Waals surface area (Å²) in [7, 11) is 0. The Bertz CT molecular complexity index is 232. The van der Waals surface area contributed by atoms with Gasteiger partial charge in [-0.05, 0) is 13.3 Å². The number of carbonyl (C=O) groups excluding carboxylic acids is 1. The van der Waals surface area contributed by atoms with Crippen LogP contribution in [-0.4, -0.2) is 24.8 Å². The van der Waals surface area contributed by atoms with Crippen LogP contribution in [0.3, 0.4) is 0 Å². The topological polar surface area (TPSA) is 38.8 Å². The lowest BCUT2D eigenvalue weighted by atomic mass is 10.00. The van der Waals surface area contributed by atoms with Gasteiger partial charge in [-0.15, -0.1) is 0 Å². The van der Waals surface area contributed by atoms with Gasteiger partial charge in [0.2, 0.25) is 0 Å². The summed E-state index contributed by atoms with van der Waals surface area (Å²) in [6.07, 6.45) is 4.24. The Hall–Kier alpha value is -0.830. The summed E-state index contributed by atoms with van der Waals surface area (Å²) in [4.78, 5) is 11.2. The predicted molar refractivity (Wildman–Crippen MR) is 42.6 cm³/mol. The van der Waals surface area contributed by atoms with E-state index in [4.69, 9.17) is 9.47 Å². The van der Waals surface area contributed by atoms with Crippen molar-refractivity contribution < 1.29 is 14.3 Å². The molecule has 2 atom stereocenters. The maximum Gasteiger partial charge on any atom is 0.333 e. The van der Waals surface area contributed by atoms with Crippen LogP contribution in [0.2, 0.25) is 0 Å². The standard InChI is InChI=1S/C9H12O3/c1-2-11-9(10)6-3-4-7-8(5-6)12-7/h3,7-8H,2,4-5H2,1H3/t7-,8+/m1/s1. The highest BCUT2D eigenvalue weighted by Gasteiger charge is 2.42. The molecule has 0 N–H and O–H groups in total. The summed E-state index contributed by atoms with van der Waals surface area (Å²) < 4.78 is 10.2. The first-order chi connectivity index (χ1) is 5.81. The molecule has 66 valence electrons. The molecule has 0 saturated carbocycles. The van der Waals surface area contributed by atoms with E-state index in [2.05, 4.69) is 0 Å². The van der Waals surface area contributed by atoms with E-state index in [1.807, 2.05) is 13.0 Å². The molecule has 0 aromatic heterocycles. The fourth-order valence-corrected chi connectivity index (χ4v) is 1.51. The van der Waals surface area contributed by atoms with Gasteiger partial charge in [0.25, 0.3) is 0 Å². The van der Waals surface area contributed by atoms with Crippen molar-refractivity contribution in [2.24, 2.45) is 0 Å². The van der Waals surface area contributed by atoms with E-state index in [0.717, 1.165) is 18.4 Å². The molecule has 0 spiro atoms. The predicted octanol–water partition coefficient (Wildman–Crippen LogP) is 1.04. The van der Waals surface area contributed by atoms with Gasteiger partial charge < -0.3 is 9.47 Å². The number of carbonyl (C=O) groups is 1. The molecule has 0 radical (unpaired) electrons. The fraction of sp³-hybridized carbons (Fsp3) is 0.667. The van der Waals surface area contributed by atoms with Crippen LogP contribution in [0.4, 0.5) is 0 Å². The van der Waals surface area contributed by atoms with Crippen molar-refractivity contribution in [3.63, 3.8) is 0 Å². The van der Waals surface area contributed by atoms with Gasteiger partial charge in [-0.3, -0.25) is 0 Å². The van der Waals surface area contributed by atoms with E-state index in [0.29, 0.717) is 18.8 Å². The molecule has 0 aromatic rings. The van der Waals surface area contributed by atoms with Crippen LogP contribution < -0.4 is 0 Å². The van der Waals surface area contributed by atoms with Crippen molar-refractivity contribution in [3.8, 4) is 0 Å². The molecule has 0 aromatic carbocycles. The zero-order chi connectivity index (χ0) is 8.55. The van der Waals surface area contributed by atoms with Crippen LogP contribution >= 0.6 is 0 Å². The molecule has 1 saturated heterocycles. The average Bonchev–Trinajstić information content (AvgIpc) is 2.81. The summed E-state index contributed by atoms with van der Waals surface area (Å²) in [5.41, 5.74) is 0.788. The molecule has 0 amide bonds. The molecule has 0 bridgehead atoms. The summed E-state index contributed by atoms with van der Waals surface area (Å²) >= 11 is 0. The second-order valence-electron chi connectivity index (χ2n) is 3.10. The lowest BCUT2D eigenvalue weighted by Crippen LogP contribution is -2.13. The average molecular weight is 168 g/mol. The molecule has 1 aliphatic heterocycles. The summed E-state index contributed by atoms with van der Waals surface area (Å²) in [5.74, 6) is -0.175. The van der Waals surface area contributed by atoms with Crippen LogP contribution in [-0.2, 0) is 14.3 Å². The first-order valence-electron chi connectivity index (χ1n) is 4.33. The first kappa shape index (κ1) is 7.80. The maximum atomic E-state index is 11.2. The highest BCUT2D eigenvalue weighted by molar-refractivity contribution is 5.88. The molecule has 3 heteroatoms. The molecule has 3 nitrogen and oxygen atoms in total. The minimum absolute atomic E-state index is 0.175. The molecular formula is C9H12O3. The molecule has 2 rings (SSSR count). The Kier molecular flexibility index (Phi) is 1.89. The zero-order valence-electron chi connectivity index (χ0n) is 7.08. The van der Waals surface area contributed by atoms with E-state index >= 15 is 0 Å². The maximum absolute atomic E-state index is 11.2. The smallest absolute Gasteiger partial charge is 0.333 e. The van der Waals surface area contributed by atoms with E-state index in [1.165, 1.54) is 0 Å². The highest BCUT2D eigenvalue weighted by atomic mass is 16.6. The van der Waals surface area contributed by atoms with Gasteiger partial charge in [0, 0.05) is 12.0 Å². The van der Waals surface area contributed by atoms with Crippen molar-refractivity contribution in [3.05, 3.63) is 11.6 Å². The Balaban J connectivity index is 1.94. The van der Waals surface area contributed by atoms with Crippen LogP contribution in [0.25, 0.3) is 0 Å². The lowest BCUT2D eigenvalue weighted by Gasteiger charge is -2.07. The number of fused-ring (bicyclic) bond motifs is 1. The second kappa shape index (κ2) is 2.90. The minimum Gasteiger partial charge on any atom is -0.463 e. The van der Waals surface area contributed by atoms with E-state index in [9.17, 15) is 4.79 Å². The van der Waals surface area contributed by atoms with Gasteiger partial charge in [-0.25, -0.2) is 4.79 Å². The van der Waals surface area contributed by atoms with E-state index in [-0.39, 0.29) is 5.97 Å². The van der Waals surface area contributed by atoms with E-state index in [1.54, 1.807) is 0 Å². The lowest BCUT2D eigenvalue weighted by molar-refractivity contribution is -0.138. The minimum atomic E-state index is -0.175.